The van der Waals surface area contributed by atoms with Gasteiger partial charge in [-0.1, -0.05) is 19.1 Å². The molecule has 0 aliphatic rings. The first-order chi connectivity index (χ1) is 8.90. The predicted molar refractivity (Wildman–Crippen MR) is 67.5 cm³/mol. The van der Waals surface area contributed by atoms with Crippen LogP contribution in [0.25, 0.3) is 0 Å². The molecule has 1 N–H and O–H groups in total. The van der Waals surface area contributed by atoms with E-state index in [-0.39, 0.29) is 18.3 Å². The van der Waals surface area contributed by atoms with Crippen molar-refractivity contribution in [3.05, 3.63) is 35.6 Å². The van der Waals surface area contributed by atoms with E-state index in [0.717, 1.165) is 5.56 Å². The molecule has 0 spiro atoms. The van der Waals surface area contributed by atoms with Crippen molar-refractivity contribution in [2.75, 3.05) is 6.54 Å². The molecule has 0 saturated carbocycles. The van der Waals surface area contributed by atoms with Crippen LogP contribution in [0.15, 0.2) is 24.3 Å². The van der Waals surface area contributed by atoms with Crippen molar-refractivity contribution in [3.63, 3.8) is 0 Å². The van der Waals surface area contributed by atoms with Crippen molar-refractivity contribution in [2.45, 2.75) is 44.8 Å². The second-order valence-corrected chi connectivity index (χ2v) is 4.59. The first kappa shape index (κ1) is 16.0. The number of halogens is 4. The highest BCUT2D eigenvalue weighted by molar-refractivity contribution is 5.17. The molecule has 1 atom stereocenters. The van der Waals surface area contributed by atoms with Gasteiger partial charge in [-0.25, -0.2) is 4.39 Å². The molecule has 0 bridgehead atoms. The third-order valence-corrected chi connectivity index (χ3v) is 2.90. The Morgan fingerprint density at radius 2 is 1.79 bits per heavy atom. The zero-order valence-electron chi connectivity index (χ0n) is 10.9. The lowest BCUT2D eigenvalue weighted by Crippen LogP contribution is -2.31. The zero-order chi connectivity index (χ0) is 14.3. The Bertz CT molecular complexity index is 359. The fourth-order valence-corrected chi connectivity index (χ4v) is 2.02. The summed E-state index contributed by atoms with van der Waals surface area (Å²) >= 11 is 0. The molecule has 1 aromatic rings. The summed E-state index contributed by atoms with van der Waals surface area (Å²) in [6.45, 7) is 2.62. The van der Waals surface area contributed by atoms with Crippen LogP contribution in [0.3, 0.4) is 0 Å². The first-order valence-electron chi connectivity index (χ1n) is 6.45. The number of alkyl halides is 3. The molecule has 0 aliphatic carbocycles. The van der Waals surface area contributed by atoms with E-state index >= 15 is 0 Å². The van der Waals surface area contributed by atoms with Gasteiger partial charge in [0.2, 0.25) is 0 Å². The SMILES string of the molecule is CCNC(CCCC(F)(F)F)Cc1ccc(F)cc1. The Morgan fingerprint density at radius 3 is 2.32 bits per heavy atom. The Labute approximate surface area is 111 Å². The molecule has 0 fully saturated rings. The molecule has 1 nitrogen and oxygen atoms in total. The van der Waals surface area contributed by atoms with Crippen LogP contribution < -0.4 is 5.32 Å². The number of likely N-dealkylation sites (N-methyl/N-ethyl adjacent to an activating group) is 1. The van der Waals surface area contributed by atoms with Crippen LogP contribution in [0.4, 0.5) is 17.6 Å². The van der Waals surface area contributed by atoms with Gasteiger partial charge in [0.25, 0.3) is 0 Å². The number of benzene rings is 1. The summed E-state index contributed by atoms with van der Waals surface area (Å²) in [4.78, 5) is 0. The summed E-state index contributed by atoms with van der Waals surface area (Å²) in [7, 11) is 0. The Kier molecular flexibility index (Phi) is 6.28. The van der Waals surface area contributed by atoms with Gasteiger partial charge in [0.1, 0.15) is 5.82 Å². The average Bonchev–Trinajstić information content (AvgIpc) is 2.30. The number of hydrogen-bond donors (Lipinski definition) is 1. The van der Waals surface area contributed by atoms with Gasteiger partial charge in [-0.3, -0.25) is 0 Å². The van der Waals surface area contributed by atoms with Crippen LogP contribution in [0.5, 0.6) is 0 Å². The lowest BCUT2D eigenvalue weighted by Gasteiger charge is -2.18. The summed E-state index contributed by atoms with van der Waals surface area (Å²) < 4.78 is 49.1. The number of nitrogens with one attached hydrogen (secondary N) is 1. The lowest BCUT2D eigenvalue weighted by molar-refractivity contribution is -0.135. The molecule has 0 radical (unpaired) electrons. The minimum atomic E-state index is -4.09. The highest BCUT2D eigenvalue weighted by Gasteiger charge is 2.26. The van der Waals surface area contributed by atoms with Gasteiger partial charge >= 0.3 is 6.18 Å². The maximum atomic E-state index is 12.8. The lowest BCUT2D eigenvalue weighted by atomic mass is 10.0. The van der Waals surface area contributed by atoms with Crippen molar-refractivity contribution >= 4 is 0 Å². The van der Waals surface area contributed by atoms with Gasteiger partial charge < -0.3 is 5.32 Å². The summed E-state index contributed by atoms with van der Waals surface area (Å²) in [6, 6.07) is 6.08. The van der Waals surface area contributed by atoms with Crippen LogP contribution in [0, 0.1) is 5.82 Å². The summed E-state index contributed by atoms with van der Waals surface area (Å²) in [5.41, 5.74) is 0.930. The van der Waals surface area contributed by atoms with Crippen LogP contribution >= 0.6 is 0 Å². The zero-order valence-corrected chi connectivity index (χ0v) is 10.9. The predicted octanol–water partition coefficient (Wildman–Crippen LogP) is 4.08. The van der Waals surface area contributed by atoms with E-state index in [1.807, 2.05) is 6.92 Å². The molecule has 108 valence electrons. The Hall–Kier alpha value is -1.10. The highest BCUT2D eigenvalue weighted by Crippen LogP contribution is 2.23. The van der Waals surface area contributed by atoms with E-state index < -0.39 is 12.6 Å². The fourth-order valence-electron chi connectivity index (χ4n) is 2.02. The Balaban J connectivity index is 2.45. The topological polar surface area (TPSA) is 12.0 Å². The first-order valence-corrected chi connectivity index (χ1v) is 6.45. The average molecular weight is 277 g/mol. The van der Waals surface area contributed by atoms with Gasteiger partial charge in [-0.2, -0.15) is 13.2 Å². The van der Waals surface area contributed by atoms with Gasteiger partial charge in [0.05, 0.1) is 0 Å². The van der Waals surface area contributed by atoms with Crippen LogP contribution in [0.1, 0.15) is 31.7 Å². The Morgan fingerprint density at radius 1 is 1.16 bits per heavy atom. The minimum Gasteiger partial charge on any atom is -0.314 e. The fraction of sp³-hybridized carbons (Fsp3) is 0.571. The number of hydrogen-bond acceptors (Lipinski definition) is 1. The van der Waals surface area contributed by atoms with Crippen molar-refractivity contribution in [3.8, 4) is 0 Å². The van der Waals surface area contributed by atoms with Gasteiger partial charge in [0, 0.05) is 12.5 Å². The van der Waals surface area contributed by atoms with Crippen molar-refractivity contribution in [1.29, 1.82) is 0 Å². The molecule has 19 heavy (non-hydrogen) atoms. The maximum Gasteiger partial charge on any atom is 0.389 e. The standard InChI is InChI=1S/C14H19F4N/c1-2-19-13(4-3-9-14(16,17)18)10-11-5-7-12(15)8-6-11/h5-8,13,19H,2-4,9-10H2,1H3. The molecule has 0 aromatic heterocycles. The second-order valence-electron chi connectivity index (χ2n) is 4.59. The molecule has 0 saturated heterocycles. The van der Waals surface area contributed by atoms with E-state index in [1.165, 1.54) is 12.1 Å². The van der Waals surface area contributed by atoms with E-state index in [4.69, 9.17) is 0 Å². The van der Waals surface area contributed by atoms with Gasteiger partial charge in [0.15, 0.2) is 0 Å². The summed E-state index contributed by atoms with van der Waals surface area (Å²) in [5, 5.41) is 3.17. The maximum absolute atomic E-state index is 12.8. The molecule has 0 heterocycles. The van der Waals surface area contributed by atoms with Crippen molar-refractivity contribution < 1.29 is 17.6 Å². The minimum absolute atomic E-state index is 0.00203. The molecule has 5 heteroatoms. The largest absolute Gasteiger partial charge is 0.389 e. The monoisotopic (exact) mass is 277 g/mol. The quantitative estimate of drug-likeness (QED) is 0.740. The second kappa shape index (κ2) is 7.48. The van der Waals surface area contributed by atoms with Crippen molar-refractivity contribution in [2.24, 2.45) is 0 Å². The molecular formula is C14H19F4N. The number of rotatable bonds is 7. The smallest absolute Gasteiger partial charge is 0.314 e. The van der Waals surface area contributed by atoms with Crippen LogP contribution in [-0.2, 0) is 6.42 Å². The highest BCUT2D eigenvalue weighted by atomic mass is 19.4. The molecule has 1 aromatic carbocycles. The van der Waals surface area contributed by atoms with E-state index in [0.29, 0.717) is 19.4 Å². The summed E-state index contributed by atoms with van der Waals surface area (Å²) in [5.74, 6) is -0.305. The van der Waals surface area contributed by atoms with Crippen LogP contribution in [0.2, 0.25) is 0 Å². The molecule has 1 rings (SSSR count). The van der Waals surface area contributed by atoms with E-state index in [9.17, 15) is 17.6 Å². The van der Waals surface area contributed by atoms with Crippen LogP contribution in [-0.4, -0.2) is 18.8 Å². The molecule has 0 amide bonds. The van der Waals surface area contributed by atoms with Crippen molar-refractivity contribution in [1.82, 2.24) is 5.32 Å². The molecule has 0 aliphatic heterocycles. The summed E-state index contributed by atoms with van der Waals surface area (Å²) in [6.07, 6.45) is -3.65. The third-order valence-electron chi connectivity index (χ3n) is 2.90. The molecular weight excluding hydrogens is 258 g/mol. The third kappa shape index (κ3) is 7.15. The van der Waals surface area contributed by atoms with Gasteiger partial charge in [-0.05, 0) is 43.5 Å². The van der Waals surface area contributed by atoms with E-state index in [1.54, 1.807) is 12.1 Å². The van der Waals surface area contributed by atoms with E-state index in [2.05, 4.69) is 5.32 Å². The van der Waals surface area contributed by atoms with Gasteiger partial charge in [-0.15, -0.1) is 0 Å². The molecule has 1 unspecified atom stereocenters. The normalized spacial score (nSPS) is 13.5.